The first kappa shape index (κ1) is 20.9. The van der Waals surface area contributed by atoms with Gasteiger partial charge in [-0.15, -0.1) is 24.8 Å². The van der Waals surface area contributed by atoms with Gasteiger partial charge >= 0.3 is 0 Å². The minimum atomic E-state index is -2.82. The maximum Gasteiger partial charge on any atom is 0.269 e. The summed E-state index contributed by atoms with van der Waals surface area (Å²) in [6.45, 7) is 1.74. The van der Waals surface area contributed by atoms with Gasteiger partial charge in [-0.3, -0.25) is 15.0 Å². The largest absolute Gasteiger partial charge is 0.314 e. The van der Waals surface area contributed by atoms with Crippen LogP contribution in [0.25, 0.3) is 0 Å². The summed E-state index contributed by atoms with van der Waals surface area (Å²) in [6, 6.07) is 1.27. The molecule has 0 saturated carbocycles. The second-order valence-electron chi connectivity index (χ2n) is 4.53. The van der Waals surface area contributed by atoms with Crippen molar-refractivity contribution in [2.45, 2.75) is 12.5 Å². The van der Waals surface area contributed by atoms with Gasteiger partial charge in [0, 0.05) is 43.9 Å². The van der Waals surface area contributed by atoms with Gasteiger partial charge < -0.3 is 5.32 Å². The van der Waals surface area contributed by atoms with E-state index in [0.29, 0.717) is 26.2 Å². The Morgan fingerprint density at radius 3 is 2.32 bits per heavy atom. The lowest BCUT2D eigenvalue weighted by Gasteiger charge is -2.34. The van der Waals surface area contributed by atoms with Crippen molar-refractivity contribution >= 4 is 30.5 Å². The van der Waals surface area contributed by atoms with E-state index in [0.717, 1.165) is 18.2 Å². The molecule has 0 bridgehead atoms. The zero-order valence-electron chi connectivity index (χ0n) is 11.4. The summed E-state index contributed by atoms with van der Waals surface area (Å²) in [5.74, 6) is -0.848. The number of nitro groups is 1. The molecule has 1 saturated heterocycles. The molecule has 10 heteroatoms. The molecule has 22 heavy (non-hydrogen) atoms. The summed E-state index contributed by atoms with van der Waals surface area (Å²) >= 11 is 0. The number of hydrogen-bond donors (Lipinski definition) is 1. The third-order valence-electron chi connectivity index (χ3n) is 3.29. The molecule has 0 aromatic heterocycles. The lowest BCUT2D eigenvalue weighted by Crippen LogP contribution is -2.47. The zero-order chi connectivity index (χ0) is 14.7. The first-order chi connectivity index (χ1) is 9.50. The SMILES string of the molecule is Cl.Cl.O=[N+]([O-])c1ccc(F)c([C@@H](C(F)F)N2CCNCC2)c1. The van der Waals surface area contributed by atoms with E-state index in [9.17, 15) is 23.3 Å². The van der Waals surface area contributed by atoms with Gasteiger partial charge in [-0.1, -0.05) is 0 Å². The Kier molecular flexibility index (Phi) is 8.69. The van der Waals surface area contributed by atoms with Crippen LogP contribution in [0, 0.1) is 15.9 Å². The number of non-ortho nitro benzene ring substituents is 1. The molecule has 1 atom stereocenters. The molecule has 1 heterocycles. The van der Waals surface area contributed by atoms with Crippen molar-refractivity contribution in [1.82, 2.24) is 10.2 Å². The molecule has 1 aliphatic rings. The van der Waals surface area contributed by atoms with Gasteiger partial charge in [0.2, 0.25) is 0 Å². The fraction of sp³-hybridized carbons (Fsp3) is 0.500. The third kappa shape index (κ3) is 4.70. The maximum absolute atomic E-state index is 13.8. The van der Waals surface area contributed by atoms with Crippen LogP contribution in [0.15, 0.2) is 18.2 Å². The first-order valence-corrected chi connectivity index (χ1v) is 6.17. The number of alkyl halides is 2. The molecule has 0 amide bonds. The Labute approximate surface area is 137 Å². The number of hydrogen-bond acceptors (Lipinski definition) is 4. The molecule has 0 radical (unpaired) electrons. The normalized spacial score (nSPS) is 16.5. The van der Waals surface area contributed by atoms with Crippen LogP contribution in [0.2, 0.25) is 0 Å². The second kappa shape index (κ2) is 9.14. The number of nitro benzene ring substituents is 1. The standard InChI is InChI=1S/C12H14F3N3O2.2ClH/c13-10-2-1-8(18(19)20)7-9(10)11(12(14)15)17-5-3-16-4-6-17;;/h1-2,7,11-12,16H,3-6H2;2*1H/t11-;;/m0../s1. The third-order valence-corrected chi connectivity index (χ3v) is 3.29. The van der Waals surface area contributed by atoms with E-state index in [2.05, 4.69) is 5.32 Å². The van der Waals surface area contributed by atoms with E-state index in [1.54, 1.807) is 0 Å². The summed E-state index contributed by atoms with van der Waals surface area (Å²) < 4.78 is 40.4. The summed E-state index contributed by atoms with van der Waals surface area (Å²) in [7, 11) is 0. The summed E-state index contributed by atoms with van der Waals surface area (Å²) in [5, 5.41) is 13.7. The Morgan fingerprint density at radius 2 is 1.82 bits per heavy atom. The highest BCUT2D eigenvalue weighted by molar-refractivity contribution is 5.85. The zero-order valence-corrected chi connectivity index (χ0v) is 13.0. The average Bonchev–Trinajstić information content (AvgIpc) is 2.41. The van der Waals surface area contributed by atoms with Crippen LogP contribution >= 0.6 is 24.8 Å². The number of nitrogens with one attached hydrogen (secondary N) is 1. The first-order valence-electron chi connectivity index (χ1n) is 6.17. The van der Waals surface area contributed by atoms with Crippen molar-refractivity contribution in [3.63, 3.8) is 0 Å². The molecule has 1 aromatic rings. The molecule has 126 valence electrons. The number of piperazine rings is 1. The van der Waals surface area contributed by atoms with Gasteiger partial charge in [-0.25, -0.2) is 13.2 Å². The molecule has 0 aliphatic carbocycles. The van der Waals surface area contributed by atoms with Gasteiger partial charge in [-0.2, -0.15) is 0 Å². The van der Waals surface area contributed by atoms with Crippen molar-refractivity contribution in [3.05, 3.63) is 39.7 Å². The molecule has 1 N–H and O–H groups in total. The van der Waals surface area contributed by atoms with Crippen LogP contribution in [0.3, 0.4) is 0 Å². The minimum Gasteiger partial charge on any atom is -0.314 e. The van der Waals surface area contributed by atoms with Gasteiger partial charge in [0.1, 0.15) is 5.82 Å². The van der Waals surface area contributed by atoms with E-state index in [1.807, 2.05) is 0 Å². The average molecular weight is 362 g/mol. The lowest BCUT2D eigenvalue weighted by atomic mass is 10.0. The van der Waals surface area contributed by atoms with Crippen LogP contribution < -0.4 is 5.32 Å². The van der Waals surface area contributed by atoms with E-state index >= 15 is 0 Å². The Balaban J connectivity index is 0.00000220. The highest BCUT2D eigenvalue weighted by Crippen LogP contribution is 2.32. The maximum atomic E-state index is 13.8. The predicted molar refractivity (Wildman–Crippen MR) is 80.7 cm³/mol. The summed E-state index contributed by atoms with van der Waals surface area (Å²) in [4.78, 5) is 11.4. The summed E-state index contributed by atoms with van der Waals surface area (Å²) in [5.41, 5.74) is -0.710. The topological polar surface area (TPSA) is 58.4 Å². The molecule has 2 rings (SSSR count). The van der Waals surface area contributed by atoms with Crippen molar-refractivity contribution in [2.24, 2.45) is 0 Å². The van der Waals surface area contributed by atoms with E-state index < -0.39 is 23.2 Å². The van der Waals surface area contributed by atoms with Crippen LogP contribution in [-0.2, 0) is 0 Å². The van der Waals surface area contributed by atoms with Gasteiger partial charge in [0.05, 0.1) is 11.0 Å². The van der Waals surface area contributed by atoms with Crippen LogP contribution in [0.4, 0.5) is 18.9 Å². The Morgan fingerprint density at radius 1 is 1.23 bits per heavy atom. The van der Waals surface area contributed by atoms with E-state index in [1.165, 1.54) is 4.90 Å². The molecule has 5 nitrogen and oxygen atoms in total. The molecular weight excluding hydrogens is 346 g/mol. The van der Waals surface area contributed by atoms with Crippen molar-refractivity contribution in [2.75, 3.05) is 26.2 Å². The van der Waals surface area contributed by atoms with Crippen LogP contribution in [-0.4, -0.2) is 42.4 Å². The molecule has 0 unspecified atom stereocenters. The quantitative estimate of drug-likeness (QED) is 0.661. The Bertz CT molecular complexity index is 503. The Hall–Kier alpha value is -1.09. The fourth-order valence-electron chi connectivity index (χ4n) is 2.32. The van der Waals surface area contributed by atoms with E-state index in [4.69, 9.17) is 0 Å². The molecule has 0 spiro atoms. The fourth-order valence-corrected chi connectivity index (χ4v) is 2.32. The predicted octanol–water partition coefficient (Wildman–Crippen LogP) is 2.79. The number of benzene rings is 1. The highest BCUT2D eigenvalue weighted by Gasteiger charge is 2.33. The number of rotatable bonds is 4. The molecule has 1 aromatic carbocycles. The van der Waals surface area contributed by atoms with Gasteiger partial charge in [-0.05, 0) is 6.07 Å². The minimum absolute atomic E-state index is 0. The van der Waals surface area contributed by atoms with Gasteiger partial charge in [0.25, 0.3) is 12.1 Å². The van der Waals surface area contributed by atoms with Gasteiger partial charge in [0.15, 0.2) is 0 Å². The van der Waals surface area contributed by atoms with Crippen LogP contribution in [0.5, 0.6) is 0 Å². The highest BCUT2D eigenvalue weighted by atomic mass is 35.5. The number of nitrogens with zero attached hydrogens (tertiary/aromatic N) is 2. The van der Waals surface area contributed by atoms with Crippen LogP contribution in [0.1, 0.15) is 11.6 Å². The van der Waals surface area contributed by atoms with E-state index in [-0.39, 0.29) is 36.1 Å². The lowest BCUT2D eigenvalue weighted by molar-refractivity contribution is -0.385. The molecule has 1 fully saturated rings. The smallest absolute Gasteiger partial charge is 0.269 e. The van der Waals surface area contributed by atoms with Crippen molar-refractivity contribution in [3.8, 4) is 0 Å². The second-order valence-corrected chi connectivity index (χ2v) is 4.53. The van der Waals surface area contributed by atoms with Crippen molar-refractivity contribution < 1.29 is 18.1 Å². The van der Waals surface area contributed by atoms with Crippen molar-refractivity contribution in [1.29, 1.82) is 0 Å². The summed E-state index contributed by atoms with van der Waals surface area (Å²) in [6.07, 6.45) is -2.82. The molecular formula is C12H16Cl2F3N3O2. The monoisotopic (exact) mass is 361 g/mol. The number of halogens is 5. The molecule has 1 aliphatic heterocycles.